The summed E-state index contributed by atoms with van der Waals surface area (Å²) in [6.07, 6.45) is 3.72. The highest BCUT2D eigenvalue weighted by Gasteiger charge is 2.31. The average Bonchev–Trinajstić information content (AvgIpc) is 3.13. The summed E-state index contributed by atoms with van der Waals surface area (Å²) >= 11 is 0. The van der Waals surface area contributed by atoms with Crippen molar-refractivity contribution < 1.29 is 14.3 Å². The zero-order chi connectivity index (χ0) is 14.0. The molecule has 1 aromatic heterocycles. The summed E-state index contributed by atoms with van der Waals surface area (Å²) in [7, 11) is 1.31. The summed E-state index contributed by atoms with van der Waals surface area (Å²) in [6.45, 7) is 2.77. The minimum absolute atomic E-state index is 0.00533. The van der Waals surface area contributed by atoms with E-state index in [2.05, 4.69) is 4.74 Å². The van der Waals surface area contributed by atoms with E-state index >= 15 is 0 Å². The zero-order valence-electron chi connectivity index (χ0n) is 11.3. The van der Waals surface area contributed by atoms with E-state index in [0.29, 0.717) is 24.0 Å². The number of anilines is 1. The topological polar surface area (TPSA) is 77.6 Å². The Kier molecular flexibility index (Phi) is 3.78. The monoisotopic (exact) mass is 265 g/mol. The first kappa shape index (κ1) is 13.5. The molecule has 6 heteroatoms. The molecule has 0 saturated heterocycles. The number of nitrogens with two attached hydrogens (primary N) is 1. The molecule has 1 aromatic rings. The summed E-state index contributed by atoms with van der Waals surface area (Å²) < 4.78 is 6.23. The maximum atomic E-state index is 12.2. The molecule has 1 aliphatic carbocycles. The molecule has 1 saturated carbocycles. The second-order valence-electron chi connectivity index (χ2n) is 4.69. The number of likely N-dealkylation sites (N-methyl/N-ethyl adjacent to an activating group) is 1. The molecule has 1 aliphatic rings. The van der Waals surface area contributed by atoms with Crippen LogP contribution in [-0.2, 0) is 16.1 Å². The average molecular weight is 265 g/mol. The quantitative estimate of drug-likeness (QED) is 0.801. The number of carbonyl (C=O) groups is 2. The molecule has 1 heterocycles. The summed E-state index contributed by atoms with van der Waals surface area (Å²) in [5.41, 5.74) is 6.43. The van der Waals surface area contributed by atoms with E-state index in [-0.39, 0.29) is 12.5 Å². The van der Waals surface area contributed by atoms with Crippen LogP contribution in [0, 0.1) is 0 Å². The number of amides is 1. The predicted octanol–water partition coefficient (Wildman–Crippen LogP) is 0.868. The van der Waals surface area contributed by atoms with E-state index < -0.39 is 5.97 Å². The Bertz CT molecular complexity index is 491. The Labute approximate surface area is 112 Å². The van der Waals surface area contributed by atoms with Gasteiger partial charge in [0.1, 0.15) is 12.2 Å². The van der Waals surface area contributed by atoms with Gasteiger partial charge in [0.2, 0.25) is 5.91 Å². The molecule has 0 atom stereocenters. The highest BCUT2D eigenvalue weighted by atomic mass is 16.5. The lowest BCUT2D eigenvalue weighted by Crippen LogP contribution is -2.35. The fourth-order valence-electron chi connectivity index (χ4n) is 2.20. The van der Waals surface area contributed by atoms with Crippen molar-refractivity contribution in [3.05, 3.63) is 18.0 Å². The van der Waals surface area contributed by atoms with Crippen LogP contribution < -0.4 is 5.73 Å². The minimum atomic E-state index is -0.487. The summed E-state index contributed by atoms with van der Waals surface area (Å²) in [5, 5.41) is 0. The van der Waals surface area contributed by atoms with Crippen LogP contribution in [0.5, 0.6) is 0 Å². The highest BCUT2D eigenvalue weighted by Crippen LogP contribution is 2.27. The Morgan fingerprint density at radius 1 is 1.53 bits per heavy atom. The van der Waals surface area contributed by atoms with Crippen LogP contribution >= 0.6 is 0 Å². The smallest absolute Gasteiger partial charge is 0.354 e. The Balaban J connectivity index is 2.13. The summed E-state index contributed by atoms with van der Waals surface area (Å²) in [4.78, 5) is 25.6. The molecule has 0 unspecified atom stereocenters. The summed E-state index contributed by atoms with van der Waals surface area (Å²) in [6, 6.07) is 1.89. The first-order chi connectivity index (χ1) is 9.06. The normalized spacial score (nSPS) is 14.2. The van der Waals surface area contributed by atoms with Crippen molar-refractivity contribution >= 4 is 17.6 Å². The van der Waals surface area contributed by atoms with E-state index in [1.807, 2.05) is 11.8 Å². The van der Waals surface area contributed by atoms with Crippen molar-refractivity contribution in [3.63, 3.8) is 0 Å². The number of carbonyl (C=O) groups excluding carboxylic acids is 2. The van der Waals surface area contributed by atoms with Gasteiger partial charge in [-0.25, -0.2) is 4.79 Å². The molecule has 0 aromatic carbocycles. The second-order valence-corrected chi connectivity index (χ2v) is 4.69. The Hall–Kier alpha value is -1.98. The number of esters is 1. The SMILES string of the molecule is CCN(C(=O)Cn1cc(N)cc1C(=O)OC)C1CC1. The van der Waals surface area contributed by atoms with Gasteiger partial charge in [-0.15, -0.1) is 0 Å². The molecule has 0 aliphatic heterocycles. The lowest BCUT2D eigenvalue weighted by Gasteiger charge is -2.21. The number of aromatic nitrogens is 1. The predicted molar refractivity (Wildman–Crippen MR) is 70.6 cm³/mol. The molecule has 6 nitrogen and oxygen atoms in total. The van der Waals surface area contributed by atoms with Gasteiger partial charge in [0, 0.05) is 18.8 Å². The van der Waals surface area contributed by atoms with Crippen molar-refractivity contribution in [1.29, 1.82) is 0 Å². The maximum Gasteiger partial charge on any atom is 0.354 e. The number of hydrogen-bond acceptors (Lipinski definition) is 4. The number of hydrogen-bond donors (Lipinski definition) is 1. The number of methoxy groups -OCH3 is 1. The van der Waals surface area contributed by atoms with Gasteiger partial charge in [-0.05, 0) is 25.8 Å². The number of rotatable bonds is 5. The molecule has 0 radical (unpaired) electrons. The lowest BCUT2D eigenvalue weighted by atomic mass is 10.4. The van der Waals surface area contributed by atoms with Gasteiger partial charge in [-0.2, -0.15) is 0 Å². The van der Waals surface area contributed by atoms with Crippen LogP contribution in [0.2, 0.25) is 0 Å². The first-order valence-corrected chi connectivity index (χ1v) is 6.40. The van der Waals surface area contributed by atoms with Crippen molar-refractivity contribution in [2.75, 3.05) is 19.4 Å². The van der Waals surface area contributed by atoms with Gasteiger partial charge in [0.05, 0.1) is 12.8 Å². The van der Waals surface area contributed by atoms with Gasteiger partial charge in [-0.1, -0.05) is 0 Å². The molecule has 0 spiro atoms. The van der Waals surface area contributed by atoms with Crippen molar-refractivity contribution in [3.8, 4) is 0 Å². The van der Waals surface area contributed by atoms with Crippen LogP contribution in [0.15, 0.2) is 12.3 Å². The third-order valence-corrected chi connectivity index (χ3v) is 3.27. The molecule has 104 valence electrons. The molecular formula is C13H19N3O3. The lowest BCUT2D eigenvalue weighted by molar-refractivity contribution is -0.132. The van der Waals surface area contributed by atoms with Crippen molar-refractivity contribution in [2.45, 2.75) is 32.4 Å². The minimum Gasteiger partial charge on any atom is -0.464 e. The Morgan fingerprint density at radius 2 is 2.21 bits per heavy atom. The molecule has 1 fully saturated rings. The number of nitrogen functional groups attached to an aromatic ring is 1. The fraction of sp³-hybridized carbons (Fsp3) is 0.538. The van der Waals surface area contributed by atoms with Crippen LogP contribution in [0.1, 0.15) is 30.3 Å². The van der Waals surface area contributed by atoms with Crippen LogP contribution in [0.3, 0.4) is 0 Å². The third-order valence-electron chi connectivity index (χ3n) is 3.27. The molecule has 0 bridgehead atoms. The van der Waals surface area contributed by atoms with Gasteiger partial charge in [0.25, 0.3) is 0 Å². The molecule has 1 amide bonds. The van der Waals surface area contributed by atoms with E-state index in [1.165, 1.54) is 13.2 Å². The molecule has 19 heavy (non-hydrogen) atoms. The van der Waals surface area contributed by atoms with E-state index in [4.69, 9.17) is 5.73 Å². The zero-order valence-corrected chi connectivity index (χ0v) is 11.3. The maximum absolute atomic E-state index is 12.2. The standard InChI is InChI=1S/C13H19N3O3/c1-3-16(10-4-5-10)12(17)8-15-7-9(14)6-11(15)13(18)19-2/h6-7,10H,3-5,8,14H2,1-2H3. The van der Waals surface area contributed by atoms with Gasteiger partial charge in [-0.3, -0.25) is 4.79 Å². The van der Waals surface area contributed by atoms with Gasteiger partial charge < -0.3 is 19.9 Å². The van der Waals surface area contributed by atoms with E-state index in [9.17, 15) is 9.59 Å². The van der Waals surface area contributed by atoms with Crippen molar-refractivity contribution in [2.24, 2.45) is 0 Å². The fourth-order valence-corrected chi connectivity index (χ4v) is 2.20. The number of nitrogens with zero attached hydrogens (tertiary/aromatic N) is 2. The van der Waals surface area contributed by atoms with Gasteiger partial charge >= 0.3 is 5.97 Å². The Morgan fingerprint density at radius 3 is 2.74 bits per heavy atom. The van der Waals surface area contributed by atoms with E-state index in [0.717, 1.165) is 12.8 Å². The second kappa shape index (κ2) is 5.34. The summed E-state index contributed by atoms with van der Waals surface area (Å²) in [5.74, 6) is -0.482. The van der Waals surface area contributed by atoms with Gasteiger partial charge in [0.15, 0.2) is 0 Å². The third kappa shape index (κ3) is 2.89. The number of ether oxygens (including phenoxy) is 1. The first-order valence-electron chi connectivity index (χ1n) is 6.40. The van der Waals surface area contributed by atoms with Crippen molar-refractivity contribution in [1.82, 2.24) is 9.47 Å². The van der Waals surface area contributed by atoms with Crippen LogP contribution in [-0.4, -0.2) is 41.0 Å². The molecule has 2 rings (SSSR count). The largest absolute Gasteiger partial charge is 0.464 e. The molecule has 2 N–H and O–H groups in total. The molecular weight excluding hydrogens is 246 g/mol. The van der Waals surface area contributed by atoms with E-state index in [1.54, 1.807) is 10.8 Å². The van der Waals surface area contributed by atoms with Crippen LogP contribution in [0.4, 0.5) is 5.69 Å². The highest BCUT2D eigenvalue weighted by molar-refractivity contribution is 5.89. The van der Waals surface area contributed by atoms with Crippen LogP contribution in [0.25, 0.3) is 0 Å².